The third-order valence-corrected chi connectivity index (χ3v) is 2.42. The van der Waals surface area contributed by atoms with Crippen LogP contribution in [0.25, 0.3) is 0 Å². The van der Waals surface area contributed by atoms with Gasteiger partial charge in [-0.25, -0.2) is 4.39 Å². The number of pyridine rings is 1. The molecule has 0 aliphatic rings. The predicted molar refractivity (Wildman–Crippen MR) is 58.5 cm³/mol. The molecule has 0 aliphatic carbocycles. The Labute approximate surface area is 104 Å². The number of hydrogen-bond donors (Lipinski definition) is 1. The van der Waals surface area contributed by atoms with Gasteiger partial charge in [-0.3, -0.25) is 0 Å². The van der Waals surface area contributed by atoms with E-state index in [4.69, 9.17) is 0 Å². The van der Waals surface area contributed by atoms with Crippen LogP contribution in [-0.4, -0.2) is 4.98 Å². The Morgan fingerprint density at radius 2 is 1.53 bits per heavy atom. The fraction of sp³-hybridized carbons (Fsp3) is 0.0833. The summed E-state index contributed by atoms with van der Waals surface area (Å²) >= 11 is 0. The minimum absolute atomic E-state index is 0.0849. The molecule has 0 radical (unpaired) electrons. The normalized spacial score (nSPS) is 10.6. The van der Waals surface area contributed by atoms with E-state index in [-0.39, 0.29) is 11.3 Å². The number of halogens is 5. The summed E-state index contributed by atoms with van der Waals surface area (Å²) in [7, 11) is 0. The monoisotopic (exact) mass is 274 g/mol. The van der Waals surface area contributed by atoms with Crippen LogP contribution in [0.2, 0.25) is 0 Å². The van der Waals surface area contributed by atoms with E-state index in [1.807, 2.05) is 0 Å². The summed E-state index contributed by atoms with van der Waals surface area (Å²) in [4.78, 5) is 2.42. The van der Waals surface area contributed by atoms with Gasteiger partial charge in [0.1, 0.15) is 11.5 Å². The maximum atomic E-state index is 13.3. The van der Waals surface area contributed by atoms with Crippen molar-refractivity contribution >= 4 is 11.4 Å². The van der Waals surface area contributed by atoms with Crippen LogP contribution in [0.5, 0.6) is 0 Å². The lowest BCUT2D eigenvalue weighted by Crippen LogP contribution is -2.06. The number of aryl methyl sites for hydroxylation is 1. The highest BCUT2D eigenvalue weighted by Crippen LogP contribution is 2.26. The molecule has 1 N–H and O–H groups in total. The number of hydrogen-bond acceptors (Lipinski definition) is 2. The van der Waals surface area contributed by atoms with Gasteiger partial charge < -0.3 is 5.32 Å². The van der Waals surface area contributed by atoms with Gasteiger partial charge in [-0.15, -0.1) is 0 Å². The fourth-order valence-corrected chi connectivity index (χ4v) is 1.46. The first kappa shape index (κ1) is 13.3. The molecule has 0 amide bonds. The minimum atomic E-state index is -1.76. The third kappa shape index (κ3) is 2.49. The summed E-state index contributed by atoms with van der Waals surface area (Å²) in [5, 5.41) is 2.15. The summed E-state index contributed by atoms with van der Waals surface area (Å²) in [6, 6.07) is 3.48. The summed E-state index contributed by atoms with van der Waals surface area (Å²) < 4.78 is 65.4. The molecule has 2 nitrogen and oxygen atoms in total. The van der Waals surface area contributed by atoms with E-state index in [9.17, 15) is 22.0 Å². The van der Waals surface area contributed by atoms with E-state index < -0.39 is 35.0 Å². The van der Waals surface area contributed by atoms with E-state index in [1.165, 1.54) is 19.1 Å². The molecule has 0 fully saturated rings. The maximum Gasteiger partial charge on any atom is 0.253 e. The topological polar surface area (TPSA) is 24.9 Å². The SMILES string of the molecule is Cc1cc(Nc2c(F)c(F)nc(F)c2F)ccc1F. The molecule has 0 saturated carbocycles. The highest BCUT2D eigenvalue weighted by Gasteiger charge is 2.20. The second-order valence-corrected chi connectivity index (χ2v) is 3.79. The Morgan fingerprint density at radius 1 is 0.947 bits per heavy atom. The molecule has 19 heavy (non-hydrogen) atoms. The molecule has 2 rings (SSSR count). The molecule has 1 aromatic heterocycles. The Balaban J connectivity index is 2.46. The average molecular weight is 274 g/mol. The summed E-state index contributed by atoms with van der Waals surface area (Å²) in [5.41, 5.74) is -0.724. The van der Waals surface area contributed by atoms with Crippen LogP contribution in [0.1, 0.15) is 5.56 Å². The van der Waals surface area contributed by atoms with Crippen LogP contribution in [0.3, 0.4) is 0 Å². The van der Waals surface area contributed by atoms with Crippen molar-refractivity contribution in [3.05, 3.63) is 53.1 Å². The summed E-state index contributed by atoms with van der Waals surface area (Å²) in [5.74, 6) is -7.35. The van der Waals surface area contributed by atoms with Crippen molar-refractivity contribution in [1.82, 2.24) is 4.98 Å². The van der Waals surface area contributed by atoms with Crippen LogP contribution in [0.15, 0.2) is 18.2 Å². The Bertz CT molecular complexity index is 616. The average Bonchev–Trinajstić information content (AvgIpc) is 2.36. The molecule has 1 aromatic carbocycles. The Morgan fingerprint density at radius 3 is 2.05 bits per heavy atom. The van der Waals surface area contributed by atoms with Crippen LogP contribution < -0.4 is 5.32 Å². The standard InChI is InChI=1S/C12H7F5N2/c1-5-4-6(2-3-7(5)13)18-10-8(14)11(16)19-12(17)9(10)15/h2-4H,1H3,(H,18,19). The van der Waals surface area contributed by atoms with Crippen molar-refractivity contribution in [2.45, 2.75) is 6.92 Å². The fourth-order valence-electron chi connectivity index (χ4n) is 1.46. The zero-order chi connectivity index (χ0) is 14.2. The quantitative estimate of drug-likeness (QED) is 0.665. The largest absolute Gasteiger partial charge is 0.350 e. The lowest BCUT2D eigenvalue weighted by molar-refractivity contribution is 0.411. The lowest BCUT2D eigenvalue weighted by atomic mass is 10.2. The van der Waals surface area contributed by atoms with Gasteiger partial charge in [0, 0.05) is 5.69 Å². The smallest absolute Gasteiger partial charge is 0.253 e. The third-order valence-electron chi connectivity index (χ3n) is 2.42. The van der Waals surface area contributed by atoms with E-state index in [0.717, 1.165) is 6.07 Å². The highest BCUT2D eigenvalue weighted by atomic mass is 19.2. The number of benzene rings is 1. The van der Waals surface area contributed by atoms with Crippen molar-refractivity contribution in [2.24, 2.45) is 0 Å². The first-order valence-corrected chi connectivity index (χ1v) is 5.13. The number of rotatable bonds is 2. The Kier molecular flexibility index (Phi) is 3.37. The molecule has 100 valence electrons. The van der Waals surface area contributed by atoms with E-state index in [0.29, 0.717) is 0 Å². The van der Waals surface area contributed by atoms with Crippen LogP contribution in [0, 0.1) is 36.3 Å². The number of nitrogens with one attached hydrogen (secondary N) is 1. The Hall–Kier alpha value is -2.18. The second kappa shape index (κ2) is 4.83. The van der Waals surface area contributed by atoms with E-state index >= 15 is 0 Å². The van der Waals surface area contributed by atoms with Crippen LogP contribution >= 0.6 is 0 Å². The van der Waals surface area contributed by atoms with Crippen molar-refractivity contribution in [2.75, 3.05) is 5.32 Å². The number of aromatic nitrogens is 1. The van der Waals surface area contributed by atoms with Gasteiger partial charge in [-0.2, -0.15) is 22.5 Å². The van der Waals surface area contributed by atoms with Crippen LogP contribution in [0.4, 0.5) is 33.3 Å². The number of anilines is 2. The highest BCUT2D eigenvalue weighted by molar-refractivity contribution is 5.61. The summed E-state index contributed by atoms with van der Waals surface area (Å²) in [6.07, 6.45) is 0. The van der Waals surface area contributed by atoms with Crippen molar-refractivity contribution < 1.29 is 22.0 Å². The van der Waals surface area contributed by atoms with Crippen molar-refractivity contribution in [1.29, 1.82) is 0 Å². The molecular weight excluding hydrogens is 267 g/mol. The van der Waals surface area contributed by atoms with Gasteiger partial charge in [0.05, 0.1) is 0 Å². The lowest BCUT2D eigenvalue weighted by Gasteiger charge is -2.10. The minimum Gasteiger partial charge on any atom is -0.350 e. The van der Waals surface area contributed by atoms with Crippen molar-refractivity contribution in [3.8, 4) is 0 Å². The zero-order valence-corrected chi connectivity index (χ0v) is 9.57. The van der Waals surface area contributed by atoms with Gasteiger partial charge in [0.15, 0.2) is 0 Å². The number of nitrogens with zero attached hydrogens (tertiary/aromatic N) is 1. The first-order valence-electron chi connectivity index (χ1n) is 5.13. The second-order valence-electron chi connectivity index (χ2n) is 3.79. The van der Waals surface area contributed by atoms with E-state index in [1.54, 1.807) is 0 Å². The molecule has 0 unspecified atom stereocenters. The molecule has 7 heteroatoms. The molecule has 2 aromatic rings. The van der Waals surface area contributed by atoms with Gasteiger partial charge in [0.25, 0.3) is 11.9 Å². The molecular formula is C12H7F5N2. The molecule has 0 atom stereocenters. The molecule has 0 aliphatic heterocycles. The first-order chi connectivity index (χ1) is 8.90. The van der Waals surface area contributed by atoms with Crippen LogP contribution in [-0.2, 0) is 0 Å². The zero-order valence-electron chi connectivity index (χ0n) is 9.57. The molecule has 1 heterocycles. The molecule has 0 saturated heterocycles. The van der Waals surface area contributed by atoms with Crippen molar-refractivity contribution in [3.63, 3.8) is 0 Å². The molecule has 0 bridgehead atoms. The molecule has 0 spiro atoms. The predicted octanol–water partition coefficient (Wildman–Crippen LogP) is 3.83. The maximum absolute atomic E-state index is 13.3. The van der Waals surface area contributed by atoms with Gasteiger partial charge in [0.2, 0.25) is 11.6 Å². The van der Waals surface area contributed by atoms with Gasteiger partial charge in [-0.05, 0) is 30.7 Å². The van der Waals surface area contributed by atoms with Gasteiger partial charge in [-0.1, -0.05) is 0 Å². The summed E-state index contributed by atoms with van der Waals surface area (Å²) in [6.45, 7) is 1.43. The van der Waals surface area contributed by atoms with E-state index in [2.05, 4.69) is 10.3 Å². The van der Waals surface area contributed by atoms with Gasteiger partial charge >= 0.3 is 0 Å².